The molecular weight excluding hydrogens is 216 g/mol. The van der Waals surface area contributed by atoms with E-state index < -0.39 is 17.1 Å². The molecule has 3 heteroatoms. The van der Waals surface area contributed by atoms with Crippen molar-refractivity contribution >= 4 is 5.97 Å². The fourth-order valence-electron chi connectivity index (χ4n) is 1.44. The Morgan fingerprint density at radius 1 is 1.18 bits per heavy atom. The average molecular weight is 244 g/mol. The van der Waals surface area contributed by atoms with Crippen LogP contribution in [0, 0.1) is 11.8 Å². The van der Waals surface area contributed by atoms with E-state index in [-0.39, 0.29) is 5.97 Å². The van der Waals surface area contributed by atoms with Gasteiger partial charge in [0.2, 0.25) is 0 Å². The predicted molar refractivity (Wildman–Crippen MR) is 69.7 cm³/mol. The van der Waals surface area contributed by atoms with Crippen LogP contribution >= 0.6 is 0 Å². The Kier molecular flexibility index (Phi) is 5.66. The minimum atomic E-state index is -0.993. The van der Waals surface area contributed by atoms with Crippen LogP contribution in [0.25, 0.3) is 0 Å². The molecule has 0 amide bonds. The average Bonchev–Trinajstić information content (AvgIpc) is 2.11. The first-order valence-corrected chi connectivity index (χ1v) is 6.41. The fraction of sp³-hybridized carbons (Fsp3) is 0.929. The van der Waals surface area contributed by atoms with Crippen LogP contribution in [0.15, 0.2) is 0 Å². The van der Waals surface area contributed by atoms with Crippen molar-refractivity contribution in [2.75, 3.05) is 0 Å². The third kappa shape index (κ3) is 6.67. The molecule has 3 nitrogen and oxygen atoms in total. The summed E-state index contributed by atoms with van der Waals surface area (Å²) in [4.78, 5) is 11.9. The molecule has 0 aromatic rings. The van der Waals surface area contributed by atoms with Gasteiger partial charge in [-0.15, -0.1) is 0 Å². The van der Waals surface area contributed by atoms with Gasteiger partial charge in [0.15, 0.2) is 0 Å². The minimum absolute atomic E-state index is 0.328. The molecule has 1 N–H and O–H groups in total. The number of ether oxygens (including phenoxy) is 1. The summed E-state index contributed by atoms with van der Waals surface area (Å²) in [7, 11) is 0. The van der Waals surface area contributed by atoms with Crippen LogP contribution in [0.3, 0.4) is 0 Å². The van der Waals surface area contributed by atoms with Crippen LogP contribution in [0.1, 0.15) is 61.3 Å². The van der Waals surface area contributed by atoms with E-state index >= 15 is 0 Å². The molecule has 0 fully saturated rings. The molecule has 17 heavy (non-hydrogen) atoms. The second kappa shape index (κ2) is 5.85. The highest BCUT2D eigenvalue weighted by Crippen LogP contribution is 2.27. The van der Waals surface area contributed by atoms with Gasteiger partial charge in [0.05, 0.1) is 11.5 Å². The van der Waals surface area contributed by atoms with Crippen molar-refractivity contribution in [2.45, 2.75) is 72.5 Å². The molecule has 0 rings (SSSR count). The summed E-state index contributed by atoms with van der Waals surface area (Å²) in [6.07, 6.45) is 1.52. The lowest BCUT2D eigenvalue weighted by Gasteiger charge is -2.31. The van der Waals surface area contributed by atoms with Gasteiger partial charge in [0.25, 0.3) is 0 Å². The number of aliphatic hydroxyl groups is 1. The molecule has 0 aliphatic carbocycles. The first kappa shape index (κ1) is 16.4. The van der Waals surface area contributed by atoms with Gasteiger partial charge in [-0.3, -0.25) is 4.79 Å². The fourth-order valence-corrected chi connectivity index (χ4v) is 1.44. The standard InChI is InChI=1S/C14H28O3/c1-10(2)8-9-14(7,16)11(3)12(15)17-13(4,5)6/h10-11,16H,8-9H2,1-7H3. The maximum atomic E-state index is 11.9. The molecule has 0 bridgehead atoms. The Balaban J connectivity index is 4.45. The van der Waals surface area contributed by atoms with Crippen molar-refractivity contribution in [3.05, 3.63) is 0 Å². The zero-order valence-electron chi connectivity index (χ0n) is 12.3. The molecule has 2 atom stereocenters. The lowest BCUT2D eigenvalue weighted by Crippen LogP contribution is -2.41. The van der Waals surface area contributed by atoms with Crippen molar-refractivity contribution in [1.82, 2.24) is 0 Å². The van der Waals surface area contributed by atoms with Crippen molar-refractivity contribution in [2.24, 2.45) is 11.8 Å². The first-order valence-electron chi connectivity index (χ1n) is 6.41. The van der Waals surface area contributed by atoms with Crippen molar-refractivity contribution in [3.8, 4) is 0 Å². The van der Waals surface area contributed by atoms with E-state index in [4.69, 9.17) is 4.74 Å². The molecule has 0 aromatic heterocycles. The van der Waals surface area contributed by atoms with Crippen LogP contribution in [0.2, 0.25) is 0 Å². The normalized spacial score (nSPS) is 17.7. The molecule has 0 saturated heterocycles. The van der Waals surface area contributed by atoms with Gasteiger partial charge in [0, 0.05) is 0 Å². The van der Waals surface area contributed by atoms with Crippen LogP contribution < -0.4 is 0 Å². The Labute approximate surface area is 106 Å². The van der Waals surface area contributed by atoms with E-state index in [0.717, 1.165) is 6.42 Å². The number of carbonyl (C=O) groups excluding carboxylic acids is 1. The summed E-state index contributed by atoms with van der Waals surface area (Å²) >= 11 is 0. The maximum Gasteiger partial charge on any atom is 0.312 e. The Hall–Kier alpha value is -0.570. The van der Waals surface area contributed by atoms with Crippen molar-refractivity contribution in [3.63, 3.8) is 0 Å². The molecular formula is C14H28O3. The van der Waals surface area contributed by atoms with Gasteiger partial charge in [-0.2, -0.15) is 0 Å². The summed E-state index contributed by atoms with van der Waals surface area (Å²) in [5, 5.41) is 10.3. The van der Waals surface area contributed by atoms with E-state index in [1.165, 1.54) is 0 Å². The van der Waals surface area contributed by atoms with Crippen molar-refractivity contribution < 1.29 is 14.6 Å². The first-order chi connectivity index (χ1) is 7.46. The van der Waals surface area contributed by atoms with E-state index in [1.54, 1.807) is 13.8 Å². The van der Waals surface area contributed by atoms with Gasteiger partial charge < -0.3 is 9.84 Å². The second-order valence-electron chi connectivity index (χ2n) is 6.54. The van der Waals surface area contributed by atoms with Crippen molar-refractivity contribution in [1.29, 1.82) is 0 Å². The smallest absolute Gasteiger partial charge is 0.312 e. The van der Waals surface area contributed by atoms with Gasteiger partial charge >= 0.3 is 5.97 Å². The largest absolute Gasteiger partial charge is 0.460 e. The monoisotopic (exact) mass is 244 g/mol. The SMILES string of the molecule is CC(C)CCC(C)(O)C(C)C(=O)OC(C)(C)C. The third-order valence-corrected chi connectivity index (χ3v) is 2.92. The van der Waals surface area contributed by atoms with Crippen LogP contribution in [-0.4, -0.2) is 22.3 Å². The van der Waals surface area contributed by atoms with Crippen LogP contribution in [0.4, 0.5) is 0 Å². The molecule has 0 aliphatic rings. The molecule has 0 heterocycles. The summed E-state index contributed by atoms with van der Waals surface area (Å²) in [6.45, 7) is 13.2. The Morgan fingerprint density at radius 3 is 2.00 bits per heavy atom. The lowest BCUT2D eigenvalue weighted by atomic mass is 9.84. The van der Waals surface area contributed by atoms with E-state index in [2.05, 4.69) is 13.8 Å². The number of esters is 1. The Morgan fingerprint density at radius 2 is 1.65 bits per heavy atom. The number of carbonyl (C=O) groups is 1. The third-order valence-electron chi connectivity index (χ3n) is 2.92. The minimum Gasteiger partial charge on any atom is -0.460 e. The number of hydrogen-bond acceptors (Lipinski definition) is 3. The Bertz CT molecular complexity index is 249. The summed E-state index contributed by atoms with van der Waals surface area (Å²) < 4.78 is 5.29. The summed E-state index contributed by atoms with van der Waals surface area (Å²) in [6, 6.07) is 0. The highest BCUT2D eigenvalue weighted by Gasteiger charge is 2.36. The lowest BCUT2D eigenvalue weighted by molar-refractivity contribution is -0.168. The van der Waals surface area contributed by atoms with E-state index in [1.807, 2.05) is 20.8 Å². The van der Waals surface area contributed by atoms with Gasteiger partial charge in [-0.25, -0.2) is 0 Å². The van der Waals surface area contributed by atoms with Crippen LogP contribution in [0.5, 0.6) is 0 Å². The molecule has 0 saturated carbocycles. The molecule has 0 aromatic carbocycles. The second-order valence-corrected chi connectivity index (χ2v) is 6.54. The summed E-state index contributed by atoms with van der Waals surface area (Å²) in [5.41, 5.74) is -1.49. The quantitative estimate of drug-likeness (QED) is 0.756. The molecule has 0 radical (unpaired) electrons. The summed E-state index contributed by atoms with van der Waals surface area (Å²) in [5.74, 6) is -0.306. The molecule has 2 unspecified atom stereocenters. The van der Waals surface area contributed by atoms with Crippen LogP contribution in [-0.2, 0) is 9.53 Å². The number of rotatable bonds is 5. The number of hydrogen-bond donors (Lipinski definition) is 1. The van der Waals surface area contributed by atoms with Gasteiger partial charge in [-0.1, -0.05) is 13.8 Å². The molecule has 0 aliphatic heterocycles. The molecule has 0 spiro atoms. The zero-order chi connectivity index (χ0) is 13.9. The zero-order valence-corrected chi connectivity index (χ0v) is 12.3. The maximum absolute atomic E-state index is 11.9. The van der Waals surface area contributed by atoms with Gasteiger partial charge in [-0.05, 0) is 53.4 Å². The molecule has 102 valence electrons. The predicted octanol–water partition coefficient (Wildman–Crippen LogP) is 3.15. The van der Waals surface area contributed by atoms with Gasteiger partial charge in [0.1, 0.15) is 5.60 Å². The van der Waals surface area contributed by atoms with E-state index in [9.17, 15) is 9.90 Å². The topological polar surface area (TPSA) is 46.5 Å². The highest BCUT2D eigenvalue weighted by molar-refractivity contribution is 5.73. The van der Waals surface area contributed by atoms with E-state index in [0.29, 0.717) is 12.3 Å². The highest BCUT2D eigenvalue weighted by atomic mass is 16.6.